The van der Waals surface area contributed by atoms with Crippen molar-refractivity contribution in [2.75, 3.05) is 31.7 Å². The Balaban J connectivity index is 2.11. The minimum absolute atomic E-state index is 0.0925. The molecule has 28 heavy (non-hydrogen) atoms. The van der Waals surface area contributed by atoms with E-state index in [1.807, 2.05) is 30.3 Å². The van der Waals surface area contributed by atoms with E-state index in [2.05, 4.69) is 20.9 Å². The summed E-state index contributed by atoms with van der Waals surface area (Å²) >= 11 is 3.35. The molecule has 148 valence electrons. The van der Waals surface area contributed by atoms with Crippen molar-refractivity contribution in [1.82, 2.24) is 4.98 Å². The highest BCUT2D eigenvalue weighted by Crippen LogP contribution is 2.33. The number of hydrogen-bond donors (Lipinski definition) is 0. The average molecular weight is 465 g/mol. The van der Waals surface area contributed by atoms with Crippen molar-refractivity contribution >= 4 is 42.5 Å². The van der Waals surface area contributed by atoms with Gasteiger partial charge in [-0.05, 0) is 36.8 Å². The quantitative estimate of drug-likeness (QED) is 0.466. The Morgan fingerprint density at radius 1 is 1.11 bits per heavy atom. The molecule has 6 nitrogen and oxygen atoms in total. The Hall–Kier alpha value is -2.16. The van der Waals surface area contributed by atoms with Crippen molar-refractivity contribution in [1.29, 1.82) is 0 Å². The van der Waals surface area contributed by atoms with E-state index in [9.17, 15) is 8.42 Å². The number of nitrogens with zero attached hydrogens (tertiary/aromatic N) is 2. The fraction of sp³-hybridized carbons (Fsp3) is 0.250. The lowest BCUT2D eigenvalue weighted by molar-refractivity contribution is 0.197. The Morgan fingerprint density at radius 2 is 1.89 bits per heavy atom. The molecule has 0 amide bonds. The van der Waals surface area contributed by atoms with Crippen molar-refractivity contribution in [3.8, 4) is 5.75 Å². The number of para-hydroxylation sites is 1. The van der Waals surface area contributed by atoms with Crippen LogP contribution in [0.5, 0.6) is 5.75 Å². The third kappa shape index (κ3) is 4.29. The highest BCUT2D eigenvalue weighted by molar-refractivity contribution is 9.10. The summed E-state index contributed by atoms with van der Waals surface area (Å²) in [4.78, 5) is 4.51. The van der Waals surface area contributed by atoms with Crippen molar-refractivity contribution < 1.29 is 17.9 Å². The zero-order valence-corrected chi connectivity index (χ0v) is 18.0. The number of sulfonamides is 1. The van der Waals surface area contributed by atoms with Gasteiger partial charge in [0.05, 0.1) is 24.5 Å². The number of hydrogen-bond acceptors (Lipinski definition) is 5. The second kappa shape index (κ2) is 8.89. The Bertz CT molecular complexity index is 1070. The number of anilines is 1. The van der Waals surface area contributed by atoms with Crippen molar-refractivity contribution in [2.24, 2.45) is 0 Å². The molecule has 0 fully saturated rings. The van der Waals surface area contributed by atoms with Crippen LogP contribution in [0.4, 0.5) is 5.69 Å². The lowest BCUT2D eigenvalue weighted by Gasteiger charge is -2.25. The van der Waals surface area contributed by atoms with Gasteiger partial charge >= 0.3 is 0 Å². The van der Waals surface area contributed by atoms with Crippen molar-refractivity contribution in [3.05, 3.63) is 59.2 Å². The van der Waals surface area contributed by atoms with Crippen LogP contribution in [0.3, 0.4) is 0 Å². The minimum Gasteiger partial charge on any atom is -0.495 e. The molecule has 0 saturated carbocycles. The van der Waals surface area contributed by atoms with E-state index in [0.717, 1.165) is 10.9 Å². The SMILES string of the molecule is COCCCN(c1cnc2ccccc2c1)S(=O)(=O)c1cc(Br)ccc1OC. The summed E-state index contributed by atoms with van der Waals surface area (Å²) in [7, 11) is -0.841. The van der Waals surface area contributed by atoms with Gasteiger partial charge in [-0.3, -0.25) is 9.29 Å². The molecule has 0 bridgehead atoms. The minimum atomic E-state index is -3.89. The van der Waals surface area contributed by atoms with Crippen LogP contribution in [0, 0.1) is 0 Å². The highest BCUT2D eigenvalue weighted by atomic mass is 79.9. The molecule has 0 N–H and O–H groups in total. The number of methoxy groups -OCH3 is 2. The van der Waals surface area contributed by atoms with Gasteiger partial charge in [-0.25, -0.2) is 8.42 Å². The first-order chi connectivity index (χ1) is 13.5. The smallest absolute Gasteiger partial charge is 0.268 e. The molecule has 0 aliphatic carbocycles. The molecule has 0 saturated heterocycles. The molecule has 0 spiro atoms. The summed E-state index contributed by atoms with van der Waals surface area (Å²) in [5.41, 5.74) is 1.30. The van der Waals surface area contributed by atoms with E-state index >= 15 is 0 Å². The molecule has 0 atom stereocenters. The van der Waals surface area contributed by atoms with E-state index in [-0.39, 0.29) is 17.2 Å². The number of halogens is 1. The van der Waals surface area contributed by atoms with Crippen molar-refractivity contribution in [3.63, 3.8) is 0 Å². The average Bonchev–Trinajstić information content (AvgIpc) is 2.70. The zero-order valence-electron chi connectivity index (χ0n) is 15.6. The first-order valence-corrected chi connectivity index (χ1v) is 10.9. The largest absolute Gasteiger partial charge is 0.495 e. The van der Waals surface area contributed by atoms with Gasteiger partial charge in [0, 0.05) is 30.1 Å². The third-order valence-electron chi connectivity index (χ3n) is 4.27. The number of rotatable bonds is 8. The fourth-order valence-corrected chi connectivity index (χ4v) is 5.09. The van der Waals surface area contributed by atoms with Crippen LogP contribution in [0.2, 0.25) is 0 Å². The van der Waals surface area contributed by atoms with Crippen LogP contribution in [0.25, 0.3) is 10.9 Å². The Labute approximate surface area is 173 Å². The van der Waals surface area contributed by atoms with Gasteiger partial charge < -0.3 is 9.47 Å². The maximum absolute atomic E-state index is 13.6. The van der Waals surface area contributed by atoms with Crippen LogP contribution in [0.1, 0.15) is 6.42 Å². The van der Waals surface area contributed by atoms with E-state index in [1.54, 1.807) is 31.5 Å². The molecule has 2 aromatic carbocycles. The van der Waals surface area contributed by atoms with E-state index in [0.29, 0.717) is 23.2 Å². The first-order valence-electron chi connectivity index (χ1n) is 8.67. The fourth-order valence-electron chi connectivity index (χ4n) is 2.91. The van der Waals surface area contributed by atoms with Gasteiger partial charge in [0.2, 0.25) is 0 Å². The van der Waals surface area contributed by atoms with Crippen LogP contribution >= 0.6 is 15.9 Å². The molecule has 0 aliphatic heterocycles. The monoisotopic (exact) mass is 464 g/mol. The van der Waals surface area contributed by atoms with Gasteiger partial charge in [-0.15, -0.1) is 0 Å². The van der Waals surface area contributed by atoms with Crippen LogP contribution < -0.4 is 9.04 Å². The predicted octanol–water partition coefficient (Wildman–Crippen LogP) is 4.24. The highest BCUT2D eigenvalue weighted by Gasteiger charge is 2.28. The van der Waals surface area contributed by atoms with Gasteiger partial charge in [0.15, 0.2) is 0 Å². The zero-order chi connectivity index (χ0) is 20.1. The standard InChI is InChI=1S/C20H21BrN2O4S/c1-26-11-5-10-23(17-12-15-6-3-4-7-18(15)22-14-17)28(24,25)20-13-16(21)8-9-19(20)27-2/h3-4,6-9,12-14H,5,10-11H2,1-2H3. The predicted molar refractivity (Wildman–Crippen MR) is 113 cm³/mol. The lowest BCUT2D eigenvalue weighted by Crippen LogP contribution is -2.33. The van der Waals surface area contributed by atoms with E-state index < -0.39 is 10.0 Å². The number of aromatic nitrogens is 1. The summed E-state index contributed by atoms with van der Waals surface area (Å²) in [6.45, 7) is 0.703. The van der Waals surface area contributed by atoms with Crippen LogP contribution in [-0.2, 0) is 14.8 Å². The van der Waals surface area contributed by atoms with Gasteiger partial charge in [0.1, 0.15) is 10.6 Å². The molecule has 0 unspecified atom stereocenters. The van der Waals surface area contributed by atoms with Crippen molar-refractivity contribution in [2.45, 2.75) is 11.3 Å². The van der Waals surface area contributed by atoms with E-state index in [1.165, 1.54) is 11.4 Å². The molecule has 3 rings (SSSR count). The molecule has 8 heteroatoms. The molecular weight excluding hydrogens is 444 g/mol. The number of benzene rings is 2. The summed E-state index contributed by atoms with van der Waals surface area (Å²) < 4.78 is 39.5. The Kier molecular flexibility index (Phi) is 6.53. The van der Waals surface area contributed by atoms with Crippen LogP contribution in [-0.4, -0.2) is 40.8 Å². The van der Waals surface area contributed by atoms with Crippen LogP contribution in [0.15, 0.2) is 64.1 Å². The summed E-state index contributed by atoms with van der Waals surface area (Å²) in [5, 5.41) is 0.869. The molecule has 3 aromatic rings. The number of ether oxygens (including phenoxy) is 2. The summed E-state index contributed by atoms with van der Waals surface area (Å²) in [6.07, 6.45) is 2.12. The maximum Gasteiger partial charge on any atom is 0.268 e. The van der Waals surface area contributed by atoms with Gasteiger partial charge in [-0.1, -0.05) is 34.1 Å². The molecule has 1 heterocycles. The van der Waals surface area contributed by atoms with E-state index in [4.69, 9.17) is 9.47 Å². The second-order valence-electron chi connectivity index (χ2n) is 6.10. The summed E-state index contributed by atoms with van der Waals surface area (Å²) in [5.74, 6) is 0.286. The lowest BCUT2D eigenvalue weighted by atomic mass is 10.2. The summed E-state index contributed by atoms with van der Waals surface area (Å²) in [6, 6.07) is 14.3. The van der Waals surface area contributed by atoms with Gasteiger partial charge in [0.25, 0.3) is 10.0 Å². The number of fused-ring (bicyclic) bond motifs is 1. The van der Waals surface area contributed by atoms with Gasteiger partial charge in [-0.2, -0.15) is 0 Å². The third-order valence-corrected chi connectivity index (χ3v) is 6.61. The molecule has 0 radical (unpaired) electrons. The molecular formula is C20H21BrN2O4S. The first kappa shape index (κ1) is 20.6. The molecule has 1 aromatic heterocycles. The normalized spacial score (nSPS) is 11.5. The maximum atomic E-state index is 13.6. The molecule has 0 aliphatic rings. The number of pyridine rings is 1. The topological polar surface area (TPSA) is 68.7 Å². The Morgan fingerprint density at radius 3 is 2.64 bits per heavy atom. The second-order valence-corrected chi connectivity index (χ2v) is 8.85.